The van der Waals surface area contributed by atoms with Gasteiger partial charge >= 0.3 is 0 Å². The molecule has 0 aliphatic heterocycles. The molecule has 21 heavy (non-hydrogen) atoms. The third-order valence-electron chi connectivity index (χ3n) is 2.96. The van der Waals surface area contributed by atoms with Crippen LogP contribution in [0.25, 0.3) is 11.3 Å². The van der Waals surface area contributed by atoms with Crippen molar-refractivity contribution in [2.75, 3.05) is 26.0 Å². The average molecular weight is 325 g/mol. The third-order valence-corrected chi connectivity index (χ3v) is 5.59. The van der Waals surface area contributed by atoms with E-state index in [1.54, 1.807) is 35.6 Å². The molecule has 2 aromatic rings. The molecular weight excluding hydrogens is 306 g/mol. The summed E-state index contributed by atoms with van der Waals surface area (Å²) in [5.41, 5.74) is 1.76. The van der Waals surface area contributed by atoms with Crippen LogP contribution in [0.3, 0.4) is 0 Å². The SMILES string of the molecule is CCCNc1nc(-c2ccc(S(=O)(=O)N(C)C)cc2)cs1. The number of hydrogen-bond acceptors (Lipinski definition) is 5. The van der Waals surface area contributed by atoms with E-state index in [9.17, 15) is 8.42 Å². The van der Waals surface area contributed by atoms with E-state index in [0.717, 1.165) is 29.4 Å². The Morgan fingerprint density at radius 2 is 1.90 bits per heavy atom. The first-order chi connectivity index (χ1) is 9.95. The van der Waals surface area contributed by atoms with Crippen molar-refractivity contribution in [1.82, 2.24) is 9.29 Å². The van der Waals surface area contributed by atoms with Crippen LogP contribution in [0.1, 0.15) is 13.3 Å². The van der Waals surface area contributed by atoms with Crippen molar-refractivity contribution in [2.24, 2.45) is 0 Å². The van der Waals surface area contributed by atoms with E-state index in [0.29, 0.717) is 0 Å². The zero-order valence-electron chi connectivity index (χ0n) is 12.3. The summed E-state index contributed by atoms with van der Waals surface area (Å²) in [6.07, 6.45) is 1.05. The van der Waals surface area contributed by atoms with Crippen LogP contribution in [0, 0.1) is 0 Å². The predicted molar refractivity (Wildman–Crippen MR) is 87.2 cm³/mol. The van der Waals surface area contributed by atoms with Crippen LogP contribution in [-0.2, 0) is 10.0 Å². The number of aromatic nitrogens is 1. The van der Waals surface area contributed by atoms with Gasteiger partial charge in [0.1, 0.15) is 0 Å². The van der Waals surface area contributed by atoms with Crippen LogP contribution in [0.5, 0.6) is 0 Å². The first kappa shape index (κ1) is 15.9. The Kier molecular flexibility index (Phi) is 4.97. The second-order valence-corrected chi connectivity index (χ2v) is 7.79. The van der Waals surface area contributed by atoms with Gasteiger partial charge in [-0.15, -0.1) is 11.3 Å². The van der Waals surface area contributed by atoms with Gasteiger partial charge in [-0.2, -0.15) is 0 Å². The summed E-state index contributed by atoms with van der Waals surface area (Å²) in [6.45, 7) is 3.00. The molecule has 0 fully saturated rings. The molecule has 0 amide bonds. The minimum atomic E-state index is -3.38. The molecule has 5 nitrogen and oxygen atoms in total. The molecule has 0 atom stereocenters. The van der Waals surface area contributed by atoms with Gasteiger partial charge in [-0.3, -0.25) is 0 Å². The molecule has 0 unspecified atom stereocenters. The van der Waals surface area contributed by atoms with E-state index >= 15 is 0 Å². The van der Waals surface area contributed by atoms with Gasteiger partial charge in [0.25, 0.3) is 0 Å². The maximum atomic E-state index is 12.0. The highest BCUT2D eigenvalue weighted by Crippen LogP contribution is 2.26. The quantitative estimate of drug-likeness (QED) is 0.887. The molecule has 7 heteroatoms. The van der Waals surface area contributed by atoms with Crippen molar-refractivity contribution < 1.29 is 8.42 Å². The maximum Gasteiger partial charge on any atom is 0.242 e. The van der Waals surface area contributed by atoms with E-state index in [-0.39, 0.29) is 4.90 Å². The van der Waals surface area contributed by atoms with Gasteiger partial charge in [0.05, 0.1) is 10.6 Å². The first-order valence-electron chi connectivity index (χ1n) is 6.67. The summed E-state index contributed by atoms with van der Waals surface area (Å²) in [5.74, 6) is 0. The number of thiazole rings is 1. The van der Waals surface area contributed by atoms with Crippen LogP contribution in [0.4, 0.5) is 5.13 Å². The second-order valence-electron chi connectivity index (χ2n) is 4.78. The fourth-order valence-electron chi connectivity index (χ4n) is 1.73. The highest BCUT2D eigenvalue weighted by Gasteiger charge is 2.17. The summed E-state index contributed by atoms with van der Waals surface area (Å²) < 4.78 is 25.2. The second kappa shape index (κ2) is 6.55. The molecule has 2 rings (SSSR count). The van der Waals surface area contributed by atoms with E-state index < -0.39 is 10.0 Å². The molecule has 1 aromatic heterocycles. The topological polar surface area (TPSA) is 62.3 Å². The minimum absolute atomic E-state index is 0.288. The Hall–Kier alpha value is -1.44. The molecular formula is C14H19N3O2S2. The van der Waals surface area contributed by atoms with Crippen molar-refractivity contribution in [2.45, 2.75) is 18.2 Å². The molecule has 1 aromatic carbocycles. The number of benzene rings is 1. The van der Waals surface area contributed by atoms with Gasteiger partial charge in [0, 0.05) is 31.6 Å². The number of rotatable bonds is 6. The lowest BCUT2D eigenvalue weighted by atomic mass is 10.2. The normalized spacial score (nSPS) is 11.8. The smallest absolute Gasteiger partial charge is 0.242 e. The highest BCUT2D eigenvalue weighted by atomic mass is 32.2. The number of anilines is 1. The molecule has 0 spiro atoms. The molecule has 0 radical (unpaired) electrons. The van der Waals surface area contributed by atoms with Crippen molar-refractivity contribution in [1.29, 1.82) is 0 Å². The van der Waals surface area contributed by atoms with Crippen LogP contribution in [0.2, 0.25) is 0 Å². The number of hydrogen-bond donors (Lipinski definition) is 1. The van der Waals surface area contributed by atoms with Gasteiger partial charge in [-0.05, 0) is 18.6 Å². The van der Waals surface area contributed by atoms with E-state index in [4.69, 9.17) is 0 Å². The molecule has 114 valence electrons. The van der Waals surface area contributed by atoms with Gasteiger partial charge in [0.2, 0.25) is 10.0 Å². The maximum absolute atomic E-state index is 12.0. The fourth-order valence-corrected chi connectivity index (χ4v) is 3.38. The zero-order chi connectivity index (χ0) is 15.5. The summed E-state index contributed by atoms with van der Waals surface area (Å²) >= 11 is 1.55. The van der Waals surface area contributed by atoms with Gasteiger partial charge in [0.15, 0.2) is 5.13 Å². The van der Waals surface area contributed by atoms with Crippen molar-refractivity contribution >= 4 is 26.5 Å². The lowest BCUT2D eigenvalue weighted by Crippen LogP contribution is -2.22. The van der Waals surface area contributed by atoms with Gasteiger partial charge in [-0.1, -0.05) is 19.1 Å². The molecule has 1 N–H and O–H groups in total. The Labute approximate surface area is 129 Å². The van der Waals surface area contributed by atoms with Crippen molar-refractivity contribution in [3.63, 3.8) is 0 Å². The minimum Gasteiger partial charge on any atom is -0.362 e. The predicted octanol–water partition coefficient (Wildman–Crippen LogP) is 2.88. The molecule has 0 aliphatic rings. The van der Waals surface area contributed by atoms with Crippen molar-refractivity contribution in [3.8, 4) is 11.3 Å². The molecule has 0 aliphatic carbocycles. The van der Waals surface area contributed by atoms with Crippen LogP contribution in [-0.4, -0.2) is 38.3 Å². The van der Waals surface area contributed by atoms with Gasteiger partial charge < -0.3 is 5.32 Å². The summed E-state index contributed by atoms with van der Waals surface area (Å²) in [6, 6.07) is 6.80. The van der Waals surface area contributed by atoms with Crippen molar-refractivity contribution in [3.05, 3.63) is 29.6 Å². The first-order valence-corrected chi connectivity index (χ1v) is 8.99. The molecule has 0 bridgehead atoms. The Balaban J connectivity index is 2.21. The fraction of sp³-hybridized carbons (Fsp3) is 0.357. The zero-order valence-corrected chi connectivity index (χ0v) is 14.0. The summed E-state index contributed by atoms with van der Waals surface area (Å²) in [7, 11) is -0.333. The Bertz CT molecular complexity index is 691. The summed E-state index contributed by atoms with van der Waals surface area (Å²) in [5, 5.41) is 6.09. The third kappa shape index (κ3) is 3.61. The van der Waals surface area contributed by atoms with E-state index in [1.165, 1.54) is 18.4 Å². The highest BCUT2D eigenvalue weighted by molar-refractivity contribution is 7.89. The Morgan fingerprint density at radius 1 is 1.24 bits per heavy atom. The molecule has 1 heterocycles. The number of nitrogens with zero attached hydrogens (tertiary/aromatic N) is 2. The average Bonchev–Trinajstić information content (AvgIpc) is 2.94. The summed E-state index contributed by atoms with van der Waals surface area (Å²) in [4.78, 5) is 4.78. The lowest BCUT2D eigenvalue weighted by Gasteiger charge is -2.11. The number of nitrogens with one attached hydrogen (secondary N) is 1. The largest absolute Gasteiger partial charge is 0.362 e. The standard InChI is InChI=1S/C14H19N3O2S2/c1-4-9-15-14-16-13(10-20-14)11-5-7-12(8-6-11)21(18,19)17(2)3/h5-8,10H,4,9H2,1-3H3,(H,15,16). The van der Waals surface area contributed by atoms with Crippen LogP contribution >= 0.6 is 11.3 Å². The van der Waals surface area contributed by atoms with E-state index in [1.807, 2.05) is 5.38 Å². The monoisotopic (exact) mass is 325 g/mol. The van der Waals surface area contributed by atoms with Crippen LogP contribution < -0.4 is 5.32 Å². The molecule has 0 saturated heterocycles. The Morgan fingerprint density at radius 3 is 2.48 bits per heavy atom. The van der Waals surface area contributed by atoms with E-state index in [2.05, 4.69) is 17.2 Å². The van der Waals surface area contributed by atoms with Gasteiger partial charge in [-0.25, -0.2) is 17.7 Å². The number of sulfonamides is 1. The lowest BCUT2D eigenvalue weighted by molar-refractivity contribution is 0.521. The molecule has 0 saturated carbocycles. The van der Waals surface area contributed by atoms with Crippen LogP contribution in [0.15, 0.2) is 34.5 Å².